The number of aliphatic hydroxyl groups is 1. The molecule has 1 saturated heterocycles. The molecule has 20 nitrogen and oxygen atoms in total. The molecule has 1 aliphatic heterocycles. The first-order chi connectivity index (χ1) is 37.6. The average molecular weight is 1120 g/mol. The summed E-state index contributed by atoms with van der Waals surface area (Å²) in [5.74, 6) is -4.30. The highest BCUT2D eigenvalue weighted by Gasteiger charge is 2.68. The zero-order valence-electron chi connectivity index (χ0n) is 49.5. The van der Waals surface area contributed by atoms with Crippen LogP contribution in [0.4, 0.5) is 4.79 Å². The lowest BCUT2D eigenvalue weighted by molar-refractivity contribution is -0.199. The van der Waals surface area contributed by atoms with Gasteiger partial charge in [-0.1, -0.05) is 91.3 Å². The summed E-state index contributed by atoms with van der Waals surface area (Å²) in [6.45, 7) is 22.9. The van der Waals surface area contributed by atoms with Crippen molar-refractivity contribution in [3.05, 3.63) is 59.7 Å². The van der Waals surface area contributed by atoms with Crippen molar-refractivity contribution in [2.75, 3.05) is 26.3 Å². The van der Waals surface area contributed by atoms with E-state index in [1.165, 1.54) is 5.56 Å². The zero-order chi connectivity index (χ0) is 59.1. The normalized spacial score (nSPS) is 21.4. The number of carbonyl (C=O) groups is 7. The molecule has 4 aliphatic rings. The third kappa shape index (κ3) is 18.5. The number of aliphatic hydroxyl groups excluding tert-OH is 1. The van der Waals surface area contributed by atoms with Crippen LogP contribution in [0.1, 0.15) is 157 Å². The second-order valence-electron chi connectivity index (χ2n) is 24.7. The van der Waals surface area contributed by atoms with Crippen LogP contribution >= 0.6 is 0 Å². The summed E-state index contributed by atoms with van der Waals surface area (Å²) in [6, 6.07) is 11.8. The molecule has 444 valence electrons. The van der Waals surface area contributed by atoms with Gasteiger partial charge in [-0.05, 0) is 144 Å². The zero-order valence-corrected chi connectivity index (χ0v) is 49.5. The van der Waals surface area contributed by atoms with E-state index >= 15 is 0 Å². The van der Waals surface area contributed by atoms with Crippen LogP contribution in [0.3, 0.4) is 0 Å². The van der Waals surface area contributed by atoms with Crippen LogP contribution in [0.2, 0.25) is 0 Å². The minimum absolute atomic E-state index is 0.0373. The lowest BCUT2D eigenvalue weighted by atomic mass is 9.43. The Bertz CT molecular complexity index is 2400. The molecule has 10 atom stereocenters. The Morgan fingerprint density at radius 2 is 1.41 bits per heavy atom. The van der Waals surface area contributed by atoms with Crippen molar-refractivity contribution < 1.29 is 57.5 Å². The largest absolute Gasteiger partial charge is 0.484 e. The maximum absolute atomic E-state index is 14.3. The van der Waals surface area contributed by atoms with E-state index in [9.17, 15) is 38.7 Å². The fourth-order valence-electron chi connectivity index (χ4n) is 10.9. The van der Waals surface area contributed by atoms with Gasteiger partial charge in [0.15, 0.2) is 6.17 Å². The number of hydrogen-bond donors (Lipinski definition) is 9. The molecule has 7 amide bonds. The van der Waals surface area contributed by atoms with Gasteiger partial charge in [-0.2, -0.15) is 0 Å². The SMILES string of the molecule is CCCCc1ccc(-c2ccc(C(=O)NCCC(=O)N[C@@H](CCCCNC(=O)OC(C)(C)C)C(=O)N[C@H](C(=O)N[C@@H](N)C(=O)N[C@@H](CC(C)C)C(=O)N[C@@H](CO)B3OC4C[C@@H]5C[C@@H](C5(C)C)[C@]4(C)O3)C(C)OCC(C)C)cc2)cc1. The summed E-state index contributed by atoms with van der Waals surface area (Å²) in [5.41, 5.74) is 8.79. The number of nitrogens with two attached hydrogens (primary N) is 1. The van der Waals surface area contributed by atoms with Crippen molar-refractivity contribution in [1.82, 2.24) is 37.2 Å². The summed E-state index contributed by atoms with van der Waals surface area (Å²) in [6.07, 6.45) is 2.47. The van der Waals surface area contributed by atoms with E-state index in [0.717, 1.165) is 43.2 Å². The molecule has 1 heterocycles. The highest BCUT2D eigenvalue weighted by Crippen LogP contribution is 2.65. The van der Waals surface area contributed by atoms with Crippen LogP contribution in [0.25, 0.3) is 11.1 Å². The van der Waals surface area contributed by atoms with E-state index in [1.807, 2.05) is 46.8 Å². The van der Waals surface area contributed by atoms with E-state index in [2.05, 4.69) is 82.3 Å². The number of rotatable bonds is 30. The summed E-state index contributed by atoms with van der Waals surface area (Å²) in [7, 11) is -0.918. The Morgan fingerprint density at radius 3 is 2.01 bits per heavy atom. The highest BCUT2D eigenvalue weighted by atomic mass is 16.7. The molecule has 2 unspecified atom stereocenters. The Balaban J connectivity index is 1.22. The number of amides is 7. The first-order valence-electron chi connectivity index (χ1n) is 28.9. The van der Waals surface area contributed by atoms with Gasteiger partial charge in [-0.15, -0.1) is 0 Å². The van der Waals surface area contributed by atoms with Crippen molar-refractivity contribution in [3.63, 3.8) is 0 Å². The van der Waals surface area contributed by atoms with Crippen LogP contribution in [0.5, 0.6) is 0 Å². The van der Waals surface area contributed by atoms with Gasteiger partial charge in [0.2, 0.25) is 23.6 Å². The first-order valence-corrected chi connectivity index (χ1v) is 28.9. The molecule has 21 heteroatoms. The predicted molar refractivity (Wildman–Crippen MR) is 306 cm³/mol. The minimum Gasteiger partial charge on any atom is -0.444 e. The molecule has 3 aliphatic carbocycles. The van der Waals surface area contributed by atoms with Crippen molar-refractivity contribution in [2.24, 2.45) is 34.8 Å². The smallest absolute Gasteiger partial charge is 0.444 e. The molecule has 80 heavy (non-hydrogen) atoms. The lowest BCUT2D eigenvalue weighted by Crippen LogP contribution is -2.65. The van der Waals surface area contributed by atoms with Crippen LogP contribution < -0.4 is 43.0 Å². The molecule has 0 radical (unpaired) electrons. The Labute approximate surface area is 474 Å². The number of benzene rings is 2. The summed E-state index contributed by atoms with van der Waals surface area (Å²) >= 11 is 0. The van der Waals surface area contributed by atoms with E-state index in [-0.39, 0.29) is 74.1 Å². The second kappa shape index (κ2) is 29.4. The van der Waals surface area contributed by atoms with Gasteiger partial charge in [-0.3, -0.25) is 28.8 Å². The summed E-state index contributed by atoms with van der Waals surface area (Å²) in [4.78, 5) is 95.2. The topological polar surface area (TPSA) is 287 Å². The molecule has 6 rings (SSSR count). The molecule has 2 bridgehead atoms. The van der Waals surface area contributed by atoms with Gasteiger partial charge >= 0.3 is 13.2 Å². The van der Waals surface area contributed by atoms with Crippen molar-refractivity contribution in [3.8, 4) is 11.1 Å². The van der Waals surface area contributed by atoms with Gasteiger partial charge in [-0.25, -0.2) is 4.79 Å². The average Bonchev–Trinajstić information content (AvgIpc) is 3.76. The number of unbranched alkanes of at least 4 members (excludes halogenated alkanes) is 2. The van der Waals surface area contributed by atoms with Gasteiger partial charge < -0.3 is 66.8 Å². The monoisotopic (exact) mass is 1120 g/mol. The Morgan fingerprint density at radius 1 is 0.762 bits per heavy atom. The predicted octanol–water partition coefficient (Wildman–Crippen LogP) is 5.22. The molecule has 2 aromatic carbocycles. The molecule has 3 saturated carbocycles. The van der Waals surface area contributed by atoms with E-state index < -0.39 is 96.9 Å². The summed E-state index contributed by atoms with van der Waals surface area (Å²) in [5, 5.41) is 29.4. The number of aryl methyl sites for hydroxylation is 1. The number of ether oxygens (including phenoxy) is 2. The Kier molecular flexibility index (Phi) is 24.0. The van der Waals surface area contributed by atoms with Crippen molar-refractivity contribution in [1.29, 1.82) is 0 Å². The van der Waals surface area contributed by atoms with E-state index in [0.29, 0.717) is 24.3 Å². The number of hydrogen-bond acceptors (Lipinski definition) is 13. The quantitative estimate of drug-likeness (QED) is 0.0276. The van der Waals surface area contributed by atoms with Gasteiger partial charge in [0.25, 0.3) is 11.8 Å². The molecule has 4 fully saturated rings. The van der Waals surface area contributed by atoms with Crippen LogP contribution in [0, 0.1) is 29.1 Å². The van der Waals surface area contributed by atoms with Crippen LogP contribution in [0.15, 0.2) is 48.5 Å². The lowest BCUT2D eigenvalue weighted by Gasteiger charge is -2.64. The number of carbonyl (C=O) groups excluding carboxylic acids is 7. The van der Waals surface area contributed by atoms with Gasteiger partial charge in [0, 0.05) is 31.7 Å². The standard InChI is InChI=1S/C59H93BN8O12/c1-13-14-17-38-19-21-39(22-20-38)40-23-25-41(26-24-40)51(71)62-29-27-48(70)64-43(18-15-16-28-63-56(76)78-57(7,8)9)52(72)67-49(37(6)77-34-36(4)5)54(74)68-50(61)55(75)65-44(30-35(2)3)53(73)66-47(33-69)60-79-46-32-42-31-45(58(42,10)11)59(46,12)80-60/h19-26,35-37,42-47,49-50,69H,13-18,27-34,61H2,1-12H3,(H,62,71)(H,63,76)(H,64,70)(H,65,75)(H,66,73)(H,67,72)(H,68,74)/t37?,42-,43-,44-,45-,46?,47-,49-,50+,59-/m0/s1. The maximum Gasteiger partial charge on any atom is 0.484 e. The first kappa shape index (κ1) is 65.2. The third-order valence-corrected chi connectivity index (χ3v) is 15.6. The second-order valence-corrected chi connectivity index (χ2v) is 24.7. The highest BCUT2D eigenvalue weighted by molar-refractivity contribution is 6.48. The van der Waals surface area contributed by atoms with Gasteiger partial charge in [0.1, 0.15) is 23.7 Å². The minimum atomic E-state index is -1.71. The van der Waals surface area contributed by atoms with Crippen LogP contribution in [-0.2, 0) is 49.2 Å². The fraction of sp³-hybridized carbons (Fsp3) is 0.678. The van der Waals surface area contributed by atoms with Gasteiger partial charge in [0.05, 0.1) is 30.4 Å². The van der Waals surface area contributed by atoms with Crippen molar-refractivity contribution in [2.45, 2.75) is 201 Å². The fourth-order valence-corrected chi connectivity index (χ4v) is 10.9. The molecule has 10 N–H and O–H groups in total. The summed E-state index contributed by atoms with van der Waals surface area (Å²) < 4.78 is 24.2. The molecular weight excluding hydrogens is 1020 g/mol. The molecule has 0 spiro atoms. The molecular formula is C59H93BN8O12. The number of nitrogens with one attached hydrogen (secondary N) is 7. The molecule has 0 aromatic heterocycles. The maximum atomic E-state index is 14.3. The Hall–Kier alpha value is -5.61. The van der Waals surface area contributed by atoms with E-state index in [1.54, 1.807) is 39.8 Å². The third-order valence-electron chi connectivity index (χ3n) is 15.6. The van der Waals surface area contributed by atoms with Crippen LogP contribution in [-0.4, -0.2) is 134 Å². The van der Waals surface area contributed by atoms with E-state index in [4.69, 9.17) is 24.5 Å². The number of alkyl carbamates (subject to hydrolysis) is 1. The van der Waals surface area contributed by atoms with Crippen molar-refractivity contribution >= 4 is 48.7 Å². The molecule has 2 aromatic rings.